The Kier molecular flexibility index (Phi) is 5.55. The third-order valence-corrected chi connectivity index (χ3v) is 7.49. The second-order valence-electron chi connectivity index (χ2n) is 8.68. The number of thioether (sulfide) groups is 1. The predicted molar refractivity (Wildman–Crippen MR) is 128 cm³/mol. The first kappa shape index (κ1) is 21.2. The summed E-state index contributed by atoms with van der Waals surface area (Å²) in [5.41, 5.74) is 3.99. The molecule has 3 aliphatic heterocycles. The molecule has 0 bridgehead atoms. The van der Waals surface area contributed by atoms with Gasteiger partial charge < -0.3 is 19.1 Å². The lowest BCUT2D eigenvalue weighted by Gasteiger charge is -2.36. The molecule has 3 aliphatic rings. The highest BCUT2D eigenvalue weighted by atomic mass is 32.2. The Bertz CT molecular complexity index is 1060. The summed E-state index contributed by atoms with van der Waals surface area (Å²) >= 11 is 1.92. The van der Waals surface area contributed by atoms with Gasteiger partial charge in [-0.2, -0.15) is 0 Å². The second kappa shape index (κ2) is 8.37. The minimum Gasteiger partial charge on any atom is -0.462 e. The third-order valence-electron chi connectivity index (χ3n) is 6.34. The van der Waals surface area contributed by atoms with Gasteiger partial charge in [-0.15, -0.1) is 11.8 Å². The molecule has 7 heteroatoms. The van der Waals surface area contributed by atoms with Gasteiger partial charge in [0.05, 0.1) is 18.2 Å². The van der Waals surface area contributed by atoms with E-state index in [-0.39, 0.29) is 29.7 Å². The Morgan fingerprint density at radius 3 is 2.88 bits per heavy atom. The van der Waals surface area contributed by atoms with Crippen molar-refractivity contribution >= 4 is 29.5 Å². The molecule has 6 nitrogen and oxygen atoms in total. The van der Waals surface area contributed by atoms with Gasteiger partial charge >= 0.3 is 5.97 Å². The molecule has 1 unspecified atom stereocenters. The van der Waals surface area contributed by atoms with Crippen molar-refractivity contribution in [3.63, 3.8) is 0 Å². The fourth-order valence-electron chi connectivity index (χ4n) is 4.69. The minimum absolute atomic E-state index is 0.114. The van der Waals surface area contributed by atoms with Crippen LogP contribution >= 0.6 is 11.8 Å². The number of hydrogen-bond acceptors (Lipinski definition) is 7. The average Bonchev–Trinajstić information content (AvgIpc) is 3.51. The standard InChI is InChI=1S/C25H28N2O4S/c1-4-29-23(28)17-7-8-19-18(14-17)25(2,3)22(27(19)24-26-11-12-32-24)10-6-16-5-9-20-21(13-16)31-15-30-20/h5-10,13-14,22,24,26H,4,11-12,15H2,1-3H3/t22?,24-/m1/s1. The van der Waals surface area contributed by atoms with Crippen molar-refractivity contribution in [1.82, 2.24) is 5.32 Å². The van der Waals surface area contributed by atoms with Crippen LogP contribution in [0.3, 0.4) is 0 Å². The Morgan fingerprint density at radius 1 is 1.25 bits per heavy atom. The number of benzene rings is 2. The van der Waals surface area contributed by atoms with E-state index >= 15 is 0 Å². The van der Waals surface area contributed by atoms with Gasteiger partial charge in [-0.3, -0.25) is 5.32 Å². The molecule has 3 heterocycles. The van der Waals surface area contributed by atoms with E-state index in [1.54, 1.807) is 0 Å². The van der Waals surface area contributed by atoms with Crippen LogP contribution in [0.5, 0.6) is 11.5 Å². The molecular formula is C25H28N2O4S. The van der Waals surface area contributed by atoms with Crippen LogP contribution in [0.4, 0.5) is 5.69 Å². The summed E-state index contributed by atoms with van der Waals surface area (Å²) in [5.74, 6) is 2.38. The zero-order chi connectivity index (χ0) is 22.3. The fraction of sp³-hybridized carbons (Fsp3) is 0.400. The number of carbonyl (C=O) groups is 1. The molecule has 0 saturated carbocycles. The molecule has 0 spiro atoms. The van der Waals surface area contributed by atoms with Gasteiger partial charge in [-0.1, -0.05) is 32.1 Å². The molecule has 2 aromatic rings. The van der Waals surface area contributed by atoms with E-state index < -0.39 is 0 Å². The highest BCUT2D eigenvalue weighted by Gasteiger charge is 2.46. The van der Waals surface area contributed by atoms with Crippen molar-refractivity contribution in [2.45, 2.75) is 37.7 Å². The number of nitrogens with zero attached hydrogens (tertiary/aromatic N) is 1. The number of carbonyl (C=O) groups excluding carboxylic acids is 1. The average molecular weight is 453 g/mol. The monoisotopic (exact) mass is 452 g/mol. The Morgan fingerprint density at radius 2 is 2.09 bits per heavy atom. The van der Waals surface area contributed by atoms with E-state index in [9.17, 15) is 4.79 Å². The second-order valence-corrected chi connectivity index (χ2v) is 9.86. The van der Waals surface area contributed by atoms with Crippen LogP contribution in [0.1, 0.15) is 42.3 Å². The van der Waals surface area contributed by atoms with E-state index in [1.165, 1.54) is 0 Å². The Hall–Kier alpha value is -2.64. The van der Waals surface area contributed by atoms with E-state index in [1.807, 2.05) is 49.0 Å². The normalized spacial score (nSPS) is 23.0. The summed E-state index contributed by atoms with van der Waals surface area (Å²) in [6.07, 6.45) is 4.42. The van der Waals surface area contributed by atoms with Gasteiger partial charge in [0.2, 0.25) is 6.79 Å². The molecule has 168 valence electrons. The quantitative estimate of drug-likeness (QED) is 0.675. The lowest BCUT2D eigenvalue weighted by Crippen LogP contribution is -2.48. The maximum Gasteiger partial charge on any atom is 0.338 e. The van der Waals surface area contributed by atoms with Crippen molar-refractivity contribution in [2.75, 3.05) is 30.6 Å². The van der Waals surface area contributed by atoms with Gasteiger partial charge in [0, 0.05) is 23.4 Å². The predicted octanol–water partition coefficient (Wildman–Crippen LogP) is 4.39. The van der Waals surface area contributed by atoms with E-state index in [0.717, 1.165) is 40.6 Å². The molecule has 0 aliphatic carbocycles. The molecule has 0 aromatic heterocycles. The van der Waals surface area contributed by atoms with Crippen molar-refractivity contribution in [3.8, 4) is 11.5 Å². The first-order chi connectivity index (χ1) is 15.5. The molecule has 0 amide bonds. The summed E-state index contributed by atoms with van der Waals surface area (Å²) in [6.45, 7) is 7.95. The Labute approximate surface area is 192 Å². The first-order valence-electron chi connectivity index (χ1n) is 11.0. The summed E-state index contributed by atoms with van der Waals surface area (Å²) in [5, 5.41) is 3.62. The molecular weight excluding hydrogens is 424 g/mol. The summed E-state index contributed by atoms with van der Waals surface area (Å²) in [6, 6.07) is 12.1. The molecule has 1 saturated heterocycles. The van der Waals surface area contributed by atoms with Crippen LogP contribution in [-0.2, 0) is 10.2 Å². The molecule has 1 fully saturated rings. The minimum atomic E-state index is -0.273. The lowest BCUT2D eigenvalue weighted by molar-refractivity contribution is 0.0526. The Balaban J connectivity index is 1.51. The molecule has 0 radical (unpaired) electrons. The molecule has 2 aromatic carbocycles. The number of anilines is 1. The SMILES string of the molecule is CCOC(=O)c1ccc2c(c1)C(C)(C)C(C=Cc1ccc3c(c1)OCO3)N2[C@H]1NCCS1. The van der Waals surface area contributed by atoms with Gasteiger partial charge in [0.1, 0.15) is 5.50 Å². The number of ether oxygens (including phenoxy) is 3. The zero-order valence-corrected chi connectivity index (χ0v) is 19.4. The number of nitrogens with one attached hydrogen (secondary N) is 1. The number of rotatable bonds is 5. The summed E-state index contributed by atoms with van der Waals surface area (Å²) in [4.78, 5) is 14.8. The van der Waals surface area contributed by atoms with Crippen LogP contribution in [0.25, 0.3) is 6.08 Å². The van der Waals surface area contributed by atoms with Gasteiger partial charge in [-0.05, 0) is 48.4 Å². The van der Waals surface area contributed by atoms with E-state index in [4.69, 9.17) is 14.2 Å². The molecule has 5 rings (SSSR count). The van der Waals surface area contributed by atoms with Crippen molar-refractivity contribution in [2.24, 2.45) is 0 Å². The summed E-state index contributed by atoms with van der Waals surface area (Å²) in [7, 11) is 0. The van der Waals surface area contributed by atoms with Crippen LogP contribution in [0.15, 0.2) is 42.5 Å². The number of esters is 1. The highest BCUT2D eigenvalue weighted by Crippen LogP contribution is 2.48. The highest BCUT2D eigenvalue weighted by molar-refractivity contribution is 8.00. The maximum absolute atomic E-state index is 12.4. The van der Waals surface area contributed by atoms with Gasteiger partial charge in [0.15, 0.2) is 11.5 Å². The smallest absolute Gasteiger partial charge is 0.338 e. The molecule has 32 heavy (non-hydrogen) atoms. The van der Waals surface area contributed by atoms with E-state index in [0.29, 0.717) is 12.2 Å². The van der Waals surface area contributed by atoms with Crippen molar-refractivity contribution < 1.29 is 19.0 Å². The van der Waals surface area contributed by atoms with E-state index in [2.05, 4.69) is 42.3 Å². The number of fused-ring (bicyclic) bond motifs is 2. The summed E-state index contributed by atoms with van der Waals surface area (Å²) < 4.78 is 16.2. The lowest BCUT2D eigenvalue weighted by atomic mass is 9.79. The number of hydrogen-bond donors (Lipinski definition) is 1. The van der Waals surface area contributed by atoms with Gasteiger partial charge in [-0.25, -0.2) is 4.79 Å². The zero-order valence-electron chi connectivity index (χ0n) is 18.6. The van der Waals surface area contributed by atoms with Crippen LogP contribution < -0.4 is 19.7 Å². The first-order valence-corrected chi connectivity index (χ1v) is 12.1. The van der Waals surface area contributed by atoms with Crippen LogP contribution in [0, 0.1) is 0 Å². The third kappa shape index (κ3) is 3.63. The molecule has 1 N–H and O–H groups in total. The van der Waals surface area contributed by atoms with Gasteiger partial charge in [0.25, 0.3) is 0 Å². The largest absolute Gasteiger partial charge is 0.462 e. The van der Waals surface area contributed by atoms with Crippen LogP contribution in [-0.4, -0.2) is 43.2 Å². The fourth-order valence-corrected chi connectivity index (χ4v) is 5.79. The van der Waals surface area contributed by atoms with Crippen LogP contribution in [0.2, 0.25) is 0 Å². The van der Waals surface area contributed by atoms with Crippen molar-refractivity contribution in [3.05, 3.63) is 59.2 Å². The maximum atomic E-state index is 12.4. The van der Waals surface area contributed by atoms with Crippen molar-refractivity contribution in [1.29, 1.82) is 0 Å². The topological polar surface area (TPSA) is 60.0 Å². The molecule has 2 atom stereocenters.